The van der Waals surface area contributed by atoms with Crippen molar-refractivity contribution < 1.29 is 0 Å². The Morgan fingerprint density at radius 1 is 0.895 bits per heavy atom. The molecule has 0 aliphatic rings. The number of pyridine rings is 2. The number of aromatic nitrogens is 2. The predicted molar refractivity (Wildman–Crippen MR) is 78.9 cm³/mol. The Kier molecular flexibility index (Phi) is 5.54. The lowest BCUT2D eigenvalue weighted by molar-refractivity contribution is 0.451. The lowest BCUT2D eigenvalue weighted by Crippen LogP contribution is -2.10. The van der Waals surface area contributed by atoms with Crippen molar-refractivity contribution in [3.8, 4) is 0 Å². The average molecular weight is 254 g/mol. The van der Waals surface area contributed by atoms with Crippen molar-refractivity contribution in [3.63, 3.8) is 0 Å². The van der Waals surface area contributed by atoms with Gasteiger partial charge in [-0.2, -0.15) is 0 Å². The maximum atomic E-state index is 4.45. The van der Waals surface area contributed by atoms with Crippen molar-refractivity contribution in [1.29, 1.82) is 0 Å². The van der Waals surface area contributed by atoms with Gasteiger partial charge in [0.2, 0.25) is 0 Å². The van der Waals surface area contributed by atoms with Crippen LogP contribution in [-0.4, -0.2) is 9.97 Å². The zero-order valence-corrected chi connectivity index (χ0v) is 11.6. The van der Waals surface area contributed by atoms with Crippen LogP contribution in [-0.2, 0) is 12.8 Å². The molecule has 2 aromatic heterocycles. The molecule has 0 saturated heterocycles. The fourth-order valence-electron chi connectivity index (χ4n) is 2.40. The van der Waals surface area contributed by atoms with Crippen LogP contribution in [0.3, 0.4) is 0 Å². The molecule has 0 fully saturated rings. The standard InChI is InChI=1S/C17H22N2/c1-2-3-8-15(13-16-9-4-6-11-18-16)14-17-10-5-7-12-19-17/h4-7,9-12,15H,2-3,8,13-14H2,1H3. The maximum absolute atomic E-state index is 4.45. The molecule has 2 aromatic rings. The average Bonchev–Trinajstić information content (AvgIpc) is 2.47. The fourth-order valence-corrected chi connectivity index (χ4v) is 2.40. The normalized spacial score (nSPS) is 10.8. The highest BCUT2D eigenvalue weighted by Crippen LogP contribution is 2.18. The van der Waals surface area contributed by atoms with E-state index >= 15 is 0 Å². The molecule has 100 valence electrons. The molecule has 2 heterocycles. The molecule has 0 amide bonds. The summed E-state index contributed by atoms with van der Waals surface area (Å²) in [5.41, 5.74) is 2.39. The SMILES string of the molecule is CCCCC(Cc1ccccn1)Cc1ccccn1. The molecule has 0 N–H and O–H groups in total. The van der Waals surface area contributed by atoms with Gasteiger partial charge in [-0.1, -0.05) is 31.9 Å². The molecule has 0 atom stereocenters. The molecule has 2 nitrogen and oxygen atoms in total. The van der Waals surface area contributed by atoms with Crippen LogP contribution >= 0.6 is 0 Å². The molecule has 0 aromatic carbocycles. The summed E-state index contributed by atoms with van der Waals surface area (Å²) >= 11 is 0. The van der Waals surface area contributed by atoms with Crippen LogP contribution in [0.2, 0.25) is 0 Å². The van der Waals surface area contributed by atoms with Crippen LogP contribution in [0.1, 0.15) is 37.6 Å². The van der Waals surface area contributed by atoms with E-state index in [1.807, 2.05) is 24.5 Å². The van der Waals surface area contributed by atoms with E-state index in [0.717, 1.165) is 12.8 Å². The lowest BCUT2D eigenvalue weighted by atomic mass is 9.92. The van der Waals surface area contributed by atoms with E-state index in [2.05, 4.69) is 41.2 Å². The predicted octanol–water partition coefficient (Wildman–Crippen LogP) is 4.07. The van der Waals surface area contributed by atoms with Gasteiger partial charge in [0.25, 0.3) is 0 Å². The number of nitrogens with zero attached hydrogens (tertiary/aromatic N) is 2. The van der Waals surface area contributed by atoms with Crippen LogP contribution in [0.15, 0.2) is 48.8 Å². The summed E-state index contributed by atoms with van der Waals surface area (Å²) in [6.45, 7) is 2.25. The second kappa shape index (κ2) is 7.67. The van der Waals surface area contributed by atoms with E-state index < -0.39 is 0 Å². The van der Waals surface area contributed by atoms with Gasteiger partial charge in [0, 0.05) is 23.8 Å². The molecule has 0 aliphatic carbocycles. The smallest absolute Gasteiger partial charge is 0.0406 e. The first-order valence-corrected chi connectivity index (χ1v) is 7.18. The minimum atomic E-state index is 0.643. The number of hydrogen-bond acceptors (Lipinski definition) is 2. The van der Waals surface area contributed by atoms with Gasteiger partial charge in [0.1, 0.15) is 0 Å². The summed E-state index contributed by atoms with van der Waals surface area (Å²) in [4.78, 5) is 8.90. The Morgan fingerprint density at radius 2 is 1.47 bits per heavy atom. The van der Waals surface area contributed by atoms with E-state index in [1.54, 1.807) is 0 Å². The van der Waals surface area contributed by atoms with Gasteiger partial charge < -0.3 is 0 Å². The molecule has 2 heteroatoms. The largest absolute Gasteiger partial charge is 0.261 e. The summed E-state index contributed by atoms with van der Waals surface area (Å²) < 4.78 is 0. The molecule has 0 radical (unpaired) electrons. The van der Waals surface area contributed by atoms with Gasteiger partial charge in [-0.05, 0) is 49.4 Å². The van der Waals surface area contributed by atoms with Gasteiger partial charge in [0.15, 0.2) is 0 Å². The molecule has 0 unspecified atom stereocenters. The van der Waals surface area contributed by atoms with Gasteiger partial charge in [-0.25, -0.2) is 0 Å². The van der Waals surface area contributed by atoms with Crippen LogP contribution in [0.4, 0.5) is 0 Å². The van der Waals surface area contributed by atoms with E-state index in [4.69, 9.17) is 0 Å². The Labute approximate surface area is 115 Å². The minimum absolute atomic E-state index is 0.643. The Bertz CT molecular complexity index is 412. The van der Waals surface area contributed by atoms with Crippen LogP contribution in [0.5, 0.6) is 0 Å². The van der Waals surface area contributed by atoms with Gasteiger partial charge in [-0.15, -0.1) is 0 Å². The molecule has 19 heavy (non-hydrogen) atoms. The summed E-state index contributed by atoms with van der Waals surface area (Å²) in [5, 5.41) is 0. The highest BCUT2D eigenvalue weighted by atomic mass is 14.7. The highest BCUT2D eigenvalue weighted by molar-refractivity contribution is 5.08. The molecular formula is C17H22N2. The van der Waals surface area contributed by atoms with E-state index in [9.17, 15) is 0 Å². The Morgan fingerprint density at radius 3 is 1.89 bits per heavy atom. The van der Waals surface area contributed by atoms with Crippen LogP contribution in [0, 0.1) is 5.92 Å². The van der Waals surface area contributed by atoms with Crippen molar-refractivity contribution in [2.45, 2.75) is 39.0 Å². The molecule has 0 spiro atoms. The molecule has 2 rings (SSSR count). The third-order valence-electron chi connectivity index (χ3n) is 3.41. The molecule has 0 aliphatic heterocycles. The number of hydrogen-bond donors (Lipinski definition) is 0. The quantitative estimate of drug-likeness (QED) is 0.744. The topological polar surface area (TPSA) is 25.8 Å². The molecular weight excluding hydrogens is 232 g/mol. The Hall–Kier alpha value is -1.70. The van der Waals surface area contributed by atoms with Gasteiger partial charge in [-0.3, -0.25) is 9.97 Å². The van der Waals surface area contributed by atoms with E-state index in [1.165, 1.54) is 30.7 Å². The molecule has 0 bridgehead atoms. The van der Waals surface area contributed by atoms with Crippen molar-refractivity contribution in [2.24, 2.45) is 5.92 Å². The summed E-state index contributed by atoms with van der Waals surface area (Å²) in [5.74, 6) is 0.643. The second-order valence-corrected chi connectivity index (χ2v) is 5.06. The fraction of sp³-hybridized carbons (Fsp3) is 0.412. The minimum Gasteiger partial charge on any atom is -0.261 e. The first-order chi connectivity index (χ1) is 9.38. The van der Waals surface area contributed by atoms with E-state index in [0.29, 0.717) is 5.92 Å². The van der Waals surface area contributed by atoms with Gasteiger partial charge >= 0.3 is 0 Å². The first-order valence-electron chi connectivity index (χ1n) is 7.18. The van der Waals surface area contributed by atoms with Crippen LogP contribution < -0.4 is 0 Å². The number of unbranched alkanes of at least 4 members (excludes halogenated alkanes) is 1. The highest BCUT2D eigenvalue weighted by Gasteiger charge is 2.11. The molecule has 0 saturated carbocycles. The number of rotatable bonds is 7. The van der Waals surface area contributed by atoms with Crippen LogP contribution in [0.25, 0.3) is 0 Å². The zero-order valence-electron chi connectivity index (χ0n) is 11.6. The first kappa shape index (κ1) is 13.7. The van der Waals surface area contributed by atoms with Gasteiger partial charge in [0.05, 0.1) is 0 Å². The third-order valence-corrected chi connectivity index (χ3v) is 3.41. The second-order valence-electron chi connectivity index (χ2n) is 5.06. The monoisotopic (exact) mass is 254 g/mol. The third kappa shape index (κ3) is 4.82. The van der Waals surface area contributed by atoms with Crippen molar-refractivity contribution in [3.05, 3.63) is 60.2 Å². The Balaban J connectivity index is 1.99. The lowest BCUT2D eigenvalue weighted by Gasteiger charge is -2.15. The summed E-state index contributed by atoms with van der Waals surface area (Å²) in [6, 6.07) is 12.3. The summed E-state index contributed by atoms with van der Waals surface area (Å²) in [6.07, 6.45) is 9.66. The van der Waals surface area contributed by atoms with Crippen molar-refractivity contribution >= 4 is 0 Å². The zero-order chi connectivity index (χ0) is 13.3. The van der Waals surface area contributed by atoms with E-state index in [-0.39, 0.29) is 0 Å². The van der Waals surface area contributed by atoms with Crippen molar-refractivity contribution in [1.82, 2.24) is 9.97 Å². The maximum Gasteiger partial charge on any atom is 0.0406 e. The van der Waals surface area contributed by atoms with Crippen molar-refractivity contribution in [2.75, 3.05) is 0 Å². The summed E-state index contributed by atoms with van der Waals surface area (Å²) in [7, 11) is 0.